The van der Waals surface area contributed by atoms with E-state index in [4.69, 9.17) is 4.74 Å². The number of hydrogen-bond acceptors (Lipinski definition) is 3. The molecule has 1 N–H and O–H groups in total. The predicted octanol–water partition coefficient (Wildman–Crippen LogP) is 4.06. The van der Waals surface area contributed by atoms with Crippen molar-refractivity contribution in [2.45, 2.75) is 50.9 Å². The molecule has 3 rings (SSSR count). The molecular formula is C17H22FNO2. The van der Waals surface area contributed by atoms with Crippen molar-refractivity contribution >= 4 is 5.71 Å². The first kappa shape index (κ1) is 14.4. The fourth-order valence-electron chi connectivity index (χ4n) is 4.19. The Balaban J connectivity index is 2.23. The highest BCUT2D eigenvalue weighted by Gasteiger charge is 2.45. The maximum Gasteiger partial charge on any atom is 0.169 e. The van der Waals surface area contributed by atoms with Crippen LogP contribution in [0.4, 0.5) is 4.39 Å². The van der Waals surface area contributed by atoms with Crippen LogP contribution in [-0.4, -0.2) is 18.0 Å². The molecule has 0 saturated heterocycles. The lowest BCUT2D eigenvalue weighted by molar-refractivity contribution is 0.294. The van der Waals surface area contributed by atoms with E-state index in [1.54, 1.807) is 6.07 Å². The fraction of sp³-hybridized carbons (Fsp3) is 0.588. The minimum Gasteiger partial charge on any atom is -0.494 e. The molecule has 2 atom stereocenters. The molecule has 0 aromatic heterocycles. The van der Waals surface area contributed by atoms with Gasteiger partial charge in [-0.1, -0.05) is 30.5 Å². The van der Waals surface area contributed by atoms with Crippen LogP contribution >= 0.6 is 0 Å². The van der Waals surface area contributed by atoms with E-state index < -0.39 is 5.41 Å². The first-order valence-corrected chi connectivity index (χ1v) is 7.70. The Labute approximate surface area is 124 Å². The van der Waals surface area contributed by atoms with Crippen LogP contribution < -0.4 is 4.74 Å². The number of benzene rings is 1. The lowest BCUT2D eigenvalue weighted by atomic mass is 9.61. The summed E-state index contributed by atoms with van der Waals surface area (Å²) < 4.78 is 20.0. The van der Waals surface area contributed by atoms with Crippen molar-refractivity contribution < 1.29 is 14.3 Å². The summed E-state index contributed by atoms with van der Waals surface area (Å²) in [5, 5.41) is 13.2. The molecule has 2 aliphatic carbocycles. The molecule has 0 amide bonds. The molecule has 2 unspecified atom stereocenters. The third-order valence-electron chi connectivity index (χ3n) is 5.22. The SMILES string of the molecule is COc1ccc2c(c1F)C1(C)CCCCCC(C2)/C1=N\O. The van der Waals surface area contributed by atoms with Gasteiger partial charge in [-0.15, -0.1) is 0 Å². The highest BCUT2D eigenvalue weighted by atomic mass is 19.1. The molecule has 4 heteroatoms. The molecule has 21 heavy (non-hydrogen) atoms. The van der Waals surface area contributed by atoms with Crippen LogP contribution in [0.25, 0.3) is 0 Å². The maximum absolute atomic E-state index is 14.9. The molecule has 114 valence electrons. The van der Waals surface area contributed by atoms with Crippen LogP contribution in [-0.2, 0) is 11.8 Å². The van der Waals surface area contributed by atoms with Crippen LogP contribution in [0.2, 0.25) is 0 Å². The van der Waals surface area contributed by atoms with E-state index in [2.05, 4.69) is 5.16 Å². The maximum atomic E-state index is 14.9. The minimum atomic E-state index is -0.522. The zero-order chi connectivity index (χ0) is 15.0. The van der Waals surface area contributed by atoms with Crippen LogP contribution in [0, 0.1) is 11.7 Å². The lowest BCUT2D eigenvalue weighted by Crippen LogP contribution is -2.45. The summed E-state index contributed by atoms with van der Waals surface area (Å²) in [6.07, 6.45) is 5.92. The van der Waals surface area contributed by atoms with Crippen molar-refractivity contribution in [1.29, 1.82) is 0 Å². The van der Waals surface area contributed by atoms with Crippen LogP contribution in [0.1, 0.15) is 50.2 Å². The van der Waals surface area contributed by atoms with Crippen molar-refractivity contribution in [3.05, 3.63) is 29.1 Å². The monoisotopic (exact) mass is 291 g/mol. The predicted molar refractivity (Wildman–Crippen MR) is 79.8 cm³/mol. The quantitative estimate of drug-likeness (QED) is 0.626. The number of nitrogens with zero attached hydrogens (tertiary/aromatic N) is 1. The van der Waals surface area contributed by atoms with Crippen LogP contribution in [0.3, 0.4) is 0 Å². The second kappa shape index (κ2) is 5.32. The molecule has 1 saturated carbocycles. The number of fused-ring (bicyclic) bond motifs is 4. The van der Waals surface area contributed by atoms with Gasteiger partial charge < -0.3 is 9.94 Å². The van der Waals surface area contributed by atoms with Gasteiger partial charge in [0, 0.05) is 16.9 Å². The summed E-state index contributed by atoms with van der Waals surface area (Å²) in [7, 11) is 1.48. The van der Waals surface area contributed by atoms with Crippen molar-refractivity contribution in [3.8, 4) is 5.75 Å². The smallest absolute Gasteiger partial charge is 0.169 e. The molecular weight excluding hydrogens is 269 g/mol. The number of rotatable bonds is 1. The first-order valence-electron chi connectivity index (χ1n) is 7.70. The number of hydrogen-bond donors (Lipinski definition) is 1. The molecule has 2 aliphatic rings. The molecule has 1 fully saturated rings. The standard InChI is InChI=1S/C17H22FNO2/c1-17-9-5-3-4-6-12(16(17)19-20)10-11-7-8-13(21-2)15(18)14(11)17/h7-8,12,20H,3-6,9-10H2,1-2H3/b19-16+. The summed E-state index contributed by atoms with van der Waals surface area (Å²) in [5.74, 6) is 0.200. The largest absolute Gasteiger partial charge is 0.494 e. The zero-order valence-corrected chi connectivity index (χ0v) is 12.7. The highest BCUT2D eigenvalue weighted by molar-refractivity contribution is 5.98. The molecule has 0 radical (unpaired) electrons. The Morgan fingerprint density at radius 3 is 2.86 bits per heavy atom. The van der Waals surface area contributed by atoms with Gasteiger partial charge in [-0.25, -0.2) is 4.39 Å². The van der Waals surface area contributed by atoms with Gasteiger partial charge in [-0.2, -0.15) is 0 Å². The average Bonchev–Trinajstić information content (AvgIpc) is 2.46. The normalized spacial score (nSPS) is 30.4. The van der Waals surface area contributed by atoms with E-state index in [9.17, 15) is 9.60 Å². The molecule has 0 aliphatic heterocycles. The van der Waals surface area contributed by atoms with E-state index >= 15 is 0 Å². The minimum absolute atomic E-state index is 0.223. The molecule has 0 heterocycles. The van der Waals surface area contributed by atoms with Gasteiger partial charge in [0.1, 0.15) is 0 Å². The lowest BCUT2D eigenvalue weighted by Gasteiger charge is -2.42. The number of methoxy groups -OCH3 is 1. The summed E-state index contributed by atoms with van der Waals surface area (Å²) in [6.45, 7) is 2.01. The topological polar surface area (TPSA) is 41.8 Å². The van der Waals surface area contributed by atoms with Crippen molar-refractivity contribution in [2.24, 2.45) is 11.1 Å². The number of halogens is 1. The summed E-state index contributed by atoms with van der Waals surface area (Å²) in [6, 6.07) is 3.68. The summed E-state index contributed by atoms with van der Waals surface area (Å²) in [5.41, 5.74) is 1.94. The van der Waals surface area contributed by atoms with Gasteiger partial charge in [0.2, 0.25) is 0 Å². The van der Waals surface area contributed by atoms with Gasteiger partial charge in [-0.3, -0.25) is 0 Å². The van der Waals surface area contributed by atoms with Crippen molar-refractivity contribution in [1.82, 2.24) is 0 Å². The van der Waals surface area contributed by atoms with Gasteiger partial charge >= 0.3 is 0 Å². The highest BCUT2D eigenvalue weighted by Crippen LogP contribution is 2.47. The second-order valence-corrected chi connectivity index (χ2v) is 6.43. The second-order valence-electron chi connectivity index (χ2n) is 6.43. The van der Waals surface area contributed by atoms with E-state index in [-0.39, 0.29) is 17.5 Å². The number of oxime groups is 1. The van der Waals surface area contributed by atoms with Crippen molar-refractivity contribution in [2.75, 3.05) is 7.11 Å². The zero-order valence-electron chi connectivity index (χ0n) is 12.7. The van der Waals surface area contributed by atoms with Gasteiger partial charge in [0.25, 0.3) is 0 Å². The van der Waals surface area contributed by atoms with E-state index in [0.29, 0.717) is 5.56 Å². The van der Waals surface area contributed by atoms with E-state index in [0.717, 1.165) is 49.8 Å². The van der Waals surface area contributed by atoms with Gasteiger partial charge in [0.05, 0.1) is 12.8 Å². The molecule has 1 aromatic rings. The average molecular weight is 291 g/mol. The van der Waals surface area contributed by atoms with Gasteiger partial charge in [0.15, 0.2) is 11.6 Å². The third kappa shape index (κ3) is 2.12. The summed E-state index contributed by atoms with van der Waals surface area (Å²) in [4.78, 5) is 0. The van der Waals surface area contributed by atoms with Gasteiger partial charge in [-0.05, 0) is 37.8 Å². The third-order valence-corrected chi connectivity index (χ3v) is 5.22. The fourth-order valence-corrected chi connectivity index (χ4v) is 4.19. The molecule has 1 aromatic carbocycles. The van der Waals surface area contributed by atoms with Crippen molar-refractivity contribution in [3.63, 3.8) is 0 Å². The molecule has 2 bridgehead atoms. The van der Waals surface area contributed by atoms with E-state index in [1.165, 1.54) is 7.11 Å². The Bertz CT molecular complexity index is 584. The van der Waals surface area contributed by atoms with Crippen LogP contribution in [0.5, 0.6) is 5.75 Å². The molecule has 0 spiro atoms. The number of ether oxygens (including phenoxy) is 1. The Kier molecular flexibility index (Phi) is 3.64. The Hall–Kier alpha value is -1.58. The van der Waals surface area contributed by atoms with E-state index in [1.807, 2.05) is 13.0 Å². The first-order chi connectivity index (χ1) is 10.1. The van der Waals surface area contributed by atoms with Crippen LogP contribution in [0.15, 0.2) is 17.3 Å². The Morgan fingerprint density at radius 1 is 1.33 bits per heavy atom. The summed E-state index contributed by atoms with van der Waals surface area (Å²) >= 11 is 0. The molecule has 3 nitrogen and oxygen atoms in total. The Morgan fingerprint density at radius 2 is 2.14 bits per heavy atom.